The van der Waals surface area contributed by atoms with Crippen molar-refractivity contribution in [1.82, 2.24) is 15.1 Å². The number of likely N-dealkylation sites (N-methyl/N-ethyl adjacent to an activating group) is 1. The third kappa shape index (κ3) is 6.90. The number of nitrogens with two attached hydrogens (primary N) is 1. The van der Waals surface area contributed by atoms with Crippen LogP contribution in [0.25, 0.3) is 0 Å². The van der Waals surface area contributed by atoms with Crippen LogP contribution >= 0.6 is 0 Å². The van der Waals surface area contributed by atoms with E-state index in [4.69, 9.17) is 10.5 Å². The maximum absolute atomic E-state index is 14.2. The predicted molar refractivity (Wildman–Crippen MR) is 148 cm³/mol. The van der Waals surface area contributed by atoms with Crippen LogP contribution in [0.3, 0.4) is 0 Å². The first kappa shape index (κ1) is 32.1. The number of nitrogens with zero attached hydrogens (tertiary/aromatic N) is 2. The van der Waals surface area contributed by atoms with E-state index in [1.807, 2.05) is 0 Å². The van der Waals surface area contributed by atoms with Crippen LogP contribution in [0.5, 0.6) is 0 Å². The zero-order chi connectivity index (χ0) is 29.2. The highest BCUT2D eigenvalue weighted by molar-refractivity contribution is 5.92. The number of ether oxygens (including phenoxy) is 1. The zero-order valence-corrected chi connectivity index (χ0v) is 22.9. The molecule has 4 rings (SSSR count). The average Bonchev–Trinajstić information content (AvgIpc) is 3.14. The Kier molecular flexibility index (Phi) is 9.86. The molecule has 0 aliphatic carbocycles. The van der Waals surface area contributed by atoms with E-state index in [0.29, 0.717) is 37.1 Å². The lowest BCUT2D eigenvalue weighted by Crippen LogP contribution is -2.60. The lowest BCUT2D eigenvalue weighted by atomic mass is 9.69. The van der Waals surface area contributed by atoms with Gasteiger partial charge in [0.15, 0.2) is 11.6 Å². The fourth-order valence-electron chi connectivity index (χ4n) is 5.56. The van der Waals surface area contributed by atoms with Crippen molar-refractivity contribution in [2.75, 3.05) is 33.3 Å². The number of halogens is 3. The van der Waals surface area contributed by atoms with E-state index in [0.717, 1.165) is 12.1 Å². The van der Waals surface area contributed by atoms with Crippen molar-refractivity contribution in [3.63, 3.8) is 0 Å². The van der Waals surface area contributed by atoms with Crippen molar-refractivity contribution in [3.05, 3.63) is 71.0 Å². The normalized spacial score (nSPS) is 21.5. The second-order valence-corrected chi connectivity index (χ2v) is 11.3. The number of rotatable bonds is 8. The zero-order valence-electron chi connectivity index (χ0n) is 22.9. The van der Waals surface area contributed by atoms with Crippen LogP contribution < -0.4 is 11.1 Å². The predicted octanol–water partition coefficient (Wildman–Crippen LogP) is 3.34. The minimum atomic E-state index is -1.26. The fraction of sp³-hybridized carbons (Fsp3) is 0.500. The molecule has 2 aromatic carbocycles. The van der Waals surface area contributed by atoms with Crippen LogP contribution in [0.4, 0.5) is 13.2 Å². The van der Waals surface area contributed by atoms with Gasteiger partial charge in [0, 0.05) is 32.6 Å². The second kappa shape index (κ2) is 12.6. The molecule has 11 heteroatoms. The molecule has 0 bridgehead atoms. The number of carbonyl (C=O) groups is 3. The molecule has 2 saturated heterocycles. The number of piperidine rings is 1. The fourth-order valence-corrected chi connectivity index (χ4v) is 5.56. The summed E-state index contributed by atoms with van der Waals surface area (Å²) in [4.78, 5) is 43.2. The Morgan fingerprint density at radius 3 is 2.46 bits per heavy atom. The standard InChI is InChI=1S/C29H35F3N4O4.CH4/c1-28(2,33)26(38)34-24(16-40-15-18-5-8-20(30)9-6-18)25(37)36-12-4-11-29(17-36)21(14-35(3)27(29)39)19-7-10-22(31)23(32)13-19;/h5-10,13,21,24H,4,11-12,14-17,33H2,1-3H3,(H,34,38);1H4. The third-order valence-corrected chi connectivity index (χ3v) is 7.73. The third-order valence-electron chi connectivity index (χ3n) is 7.73. The monoisotopic (exact) mass is 576 g/mol. The molecular weight excluding hydrogens is 537 g/mol. The first-order valence-corrected chi connectivity index (χ1v) is 13.2. The summed E-state index contributed by atoms with van der Waals surface area (Å²) in [5.41, 5.74) is 4.84. The average molecular weight is 577 g/mol. The number of amides is 3. The summed E-state index contributed by atoms with van der Waals surface area (Å²) in [5, 5.41) is 2.68. The van der Waals surface area contributed by atoms with Gasteiger partial charge in [0.2, 0.25) is 17.7 Å². The van der Waals surface area contributed by atoms with Crippen LogP contribution in [0.2, 0.25) is 0 Å². The van der Waals surface area contributed by atoms with Crippen LogP contribution in [0.1, 0.15) is 51.2 Å². The van der Waals surface area contributed by atoms with Gasteiger partial charge in [0.1, 0.15) is 11.9 Å². The van der Waals surface area contributed by atoms with E-state index >= 15 is 0 Å². The van der Waals surface area contributed by atoms with Gasteiger partial charge in [-0.25, -0.2) is 13.2 Å². The highest BCUT2D eigenvalue weighted by Crippen LogP contribution is 2.49. The summed E-state index contributed by atoms with van der Waals surface area (Å²) in [6, 6.07) is 8.26. The van der Waals surface area contributed by atoms with Crippen molar-refractivity contribution in [2.45, 2.75) is 58.2 Å². The highest BCUT2D eigenvalue weighted by Gasteiger charge is 2.56. The van der Waals surface area contributed by atoms with E-state index in [-0.39, 0.29) is 38.9 Å². The van der Waals surface area contributed by atoms with E-state index in [9.17, 15) is 27.6 Å². The number of nitrogens with one attached hydrogen (secondary N) is 1. The molecule has 0 saturated carbocycles. The molecule has 2 aliphatic heterocycles. The first-order chi connectivity index (χ1) is 18.8. The van der Waals surface area contributed by atoms with Gasteiger partial charge < -0.3 is 25.6 Å². The van der Waals surface area contributed by atoms with Gasteiger partial charge in [-0.1, -0.05) is 25.6 Å². The van der Waals surface area contributed by atoms with Gasteiger partial charge in [0.05, 0.1) is 24.2 Å². The Balaban J connectivity index is 0.00000462. The maximum Gasteiger partial charge on any atom is 0.247 e. The van der Waals surface area contributed by atoms with Crippen LogP contribution in [-0.4, -0.2) is 72.4 Å². The van der Waals surface area contributed by atoms with Crippen molar-refractivity contribution in [1.29, 1.82) is 0 Å². The van der Waals surface area contributed by atoms with Gasteiger partial charge in [0.25, 0.3) is 0 Å². The largest absolute Gasteiger partial charge is 0.374 e. The molecule has 3 atom stereocenters. The topological polar surface area (TPSA) is 105 Å². The number of likely N-dealkylation sites (tertiary alicyclic amines) is 2. The van der Waals surface area contributed by atoms with E-state index in [1.165, 1.54) is 36.9 Å². The second-order valence-electron chi connectivity index (χ2n) is 11.3. The summed E-state index contributed by atoms with van der Waals surface area (Å²) in [6.07, 6.45) is 0.975. The molecule has 2 aromatic rings. The quantitative estimate of drug-likeness (QED) is 0.502. The van der Waals surface area contributed by atoms with Gasteiger partial charge in [-0.05, 0) is 62.1 Å². The Morgan fingerprint density at radius 1 is 1.15 bits per heavy atom. The number of benzene rings is 2. The number of carbonyl (C=O) groups excluding carboxylic acids is 3. The number of hydrogen-bond acceptors (Lipinski definition) is 5. The summed E-state index contributed by atoms with van der Waals surface area (Å²) < 4.78 is 46.8. The Hall–Kier alpha value is -3.44. The SMILES string of the molecule is C.CN1CC(c2ccc(F)c(F)c2)C2(CCCN(C(=O)C(COCc3ccc(F)cc3)NC(=O)C(C)(C)N)C2)C1=O. The molecule has 1 spiro atoms. The van der Waals surface area contributed by atoms with Crippen molar-refractivity contribution in [3.8, 4) is 0 Å². The van der Waals surface area contributed by atoms with E-state index in [1.54, 1.807) is 24.1 Å². The Morgan fingerprint density at radius 2 is 1.83 bits per heavy atom. The van der Waals surface area contributed by atoms with Crippen LogP contribution in [-0.2, 0) is 25.7 Å². The highest BCUT2D eigenvalue weighted by atomic mass is 19.2. The van der Waals surface area contributed by atoms with Crippen LogP contribution in [0.15, 0.2) is 42.5 Å². The first-order valence-electron chi connectivity index (χ1n) is 13.2. The van der Waals surface area contributed by atoms with Crippen molar-refractivity contribution < 1.29 is 32.3 Å². The lowest BCUT2D eigenvalue weighted by Gasteiger charge is -2.43. The van der Waals surface area contributed by atoms with Crippen molar-refractivity contribution in [2.24, 2.45) is 11.1 Å². The molecule has 8 nitrogen and oxygen atoms in total. The molecule has 2 fully saturated rings. The smallest absolute Gasteiger partial charge is 0.247 e. The molecule has 0 radical (unpaired) electrons. The molecule has 3 unspecified atom stereocenters. The molecule has 0 aromatic heterocycles. The molecular formula is C30H39F3N4O4. The van der Waals surface area contributed by atoms with Gasteiger partial charge in [-0.2, -0.15) is 0 Å². The Labute approximate surface area is 239 Å². The summed E-state index contributed by atoms with van der Waals surface area (Å²) in [6.45, 7) is 3.62. The van der Waals surface area contributed by atoms with E-state index in [2.05, 4.69) is 5.32 Å². The minimum absolute atomic E-state index is 0. The molecule has 2 aliphatic rings. The molecule has 3 N–H and O–H groups in total. The minimum Gasteiger partial charge on any atom is -0.374 e. The molecule has 3 amide bonds. The summed E-state index contributed by atoms with van der Waals surface area (Å²) in [7, 11) is 1.65. The Bertz CT molecular complexity index is 1270. The lowest BCUT2D eigenvalue weighted by molar-refractivity contribution is -0.147. The molecule has 2 heterocycles. The van der Waals surface area contributed by atoms with Gasteiger partial charge in [-0.3, -0.25) is 14.4 Å². The van der Waals surface area contributed by atoms with Crippen LogP contribution in [0, 0.1) is 22.9 Å². The van der Waals surface area contributed by atoms with Gasteiger partial charge >= 0.3 is 0 Å². The van der Waals surface area contributed by atoms with Gasteiger partial charge in [-0.15, -0.1) is 0 Å². The molecule has 224 valence electrons. The number of hydrogen-bond donors (Lipinski definition) is 2. The maximum atomic E-state index is 14.2. The van der Waals surface area contributed by atoms with E-state index < -0.39 is 46.4 Å². The molecule has 41 heavy (non-hydrogen) atoms. The summed E-state index contributed by atoms with van der Waals surface area (Å²) in [5.74, 6) is -3.98. The summed E-state index contributed by atoms with van der Waals surface area (Å²) >= 11 is 0. The van der Waals surface area contributed by atoms with Crippen molar-refractivity contribution >= 4 is 17.7 Å².